The average molecular weight is 170 g/mol. The Kier molecular flexibility index (Phi) is 4.95. The van der Waals surface area contributed by atoms with Crippen LogP contribution in [0.2, 0.25) is 0 Å². The van der Waals surface area contributed by atoms with E-state index in [1.165, 1.54) is 18.6 Å². The second-order valence-corrected chi connectivity index (χ2v) is 4.31. The summed E-state index contributed by atoms with van der Waals surface area (Å²) in [6.45, 7) is 10.6. The Hall–Kier alpha value is -0.530. The molecule has 0 amide bonds. The minimum atomic E-state index is 0.0907. The van der Waals surface area contributed by atoms with Gasteiger partial charge in [-0.2, -0.15) is 5.10 Å². The predicted octanol–water partition coefficient (Wildman–Crippen LogP) is 2.94. The fraction of sp³-hybridized carbons (Fsp3) is 0.900. The van der Waals surface area contributed by atoms with Crippen LogP contribution >= 0.6 is 0 Å². The van der Waals surface area contributed by atoms with Gasteiger partial charge in [0.2, 0.25) is 0 Å². The monoisotopic (exact) mass is 170 g/mol. The van der Waals surface area contributed by atoms with E-state index in [4.69, 9.17) is 0 Å². The van der Waals surface area contributed by atoms with Gasteiger partial charge in [-0.25, -0.2) is 0 Å². The number of rotatable bonds is 4. The number of nitrogens with one attached hydrogen (secondary N) is 1. The van der Waals surface area contributed by atoms with Crippen LogP contribution in [0.25, 0.3) is 0 Å². The van der Waals surface area contributed by atoms with Gasteiger partial charge in [0.25, 0.3) is 0 Å². The first kappa shape index (κ1) is 11.5. The quantitative estimate of drug-likeness (QED) is 0.509. The molecule has 12 heavy (non-hydrogen) atoms. The topological polar surface area (TPSA) is 24.4 Å². The summed E-state index contributed by atoms with van der Waals surface area (Å²) in [7, 11) is 0. The van der Waals surface area contributed by atoms with Crippen LogP contribution in [-0.2, 0) is 0 Å². The van der Waals surface area contributed by atoms with Crippen molar-refractivity contribution in [1.29, 1.82) is 0 Å². The van der Waals surface area contributed by atoms with Gasteiger partial charge in [0.05, 0.1) is 0 Å². The van der Waals surface area contributed by atoms with Crippen molar-refractivity contribution in [1.82, 2.24) is 5.43 Å². The van der Waals surface area contributed by atoms with E-state index in [-0.39, 0.29) is 5.54 Å². The molecule has 0 radical (unpaired) electrons. The second-order valence-electron chi connectivity index (χ2n) is 4.31. The summed E-state index contributed by atoms with van der Waals surface area (Å²) in [5, 5.41) is 4.30. The van der Waals surface area contributed by atoms with E-state index in [0.717, 1.165) is 6.42 Å². The standard InChI is InChI=1S/C10H22N2/c1-6-7-8-9(2)11-12-10(3,4)5/h12H,6-8H2,1-5H3/b11-9+. The Morgan fingerprint density at radius 2 is 1.92 bits per heavy atom. The lowest BCUT2D eigenvalue weighted by Crippen LogP contribution is -2.32. The van der Waals surface area contributed by atoms with Crippen molar-refractivity contribution in [2.24, 2.45) is 5.10 Å². The fourth-order valence-corrected chi connectivity index (χ4v) is 0.752. The van der Waals surface area contributed by atoms with E-state index in [1.807, 2.05) is 0 Å². The molecule has 0 aliphatic carbocycles. The molecule has 0 saturated heterocycles. The Bertz CT molecular complexity index is 142. The van der Waals surface area contributed by atoms with Gasteiger partial charge in [0.15, 0.2) is 0 Å². The van der Waals surface area contributed by atoms with Crippen LogP contribution < -0.4 is 5.43 Å². The zero-order valence-corrected chi connectivity index (χ0v) is 9.07. The molecule has 0 heterocycles. The molecule has 0 rings (SSSR count). The highest BCUT2D eigenvalue weighted by atomic mass is 15.3. The number of hydrogen-bond donors (Lipinski definition) is 1. The van der Waals surface area contributed by atoms with E-state index in [0.29, 0.717) is 0 Å². The lowest BCUT2D eigenvalue weighted by molar-refractivity contribution is 0.440. The van der Waals surface area contributed by atoms with Crippen molar-refractivity contribution in [2.45, 2.75) is 59.4 Å². The third-order valence-electron chi connectivity index (χ3n) is 1.47. The third-order valence-corrected chi connectivity index (χ3v) is 1.47. The first-order valence-corrected chi connectivity index (χ1v) is 4.76. The molecule has 0 atom stereocenters. The molecule has 0 aromatic rings. The average Bonchev–Trinajstić information content (AvgIpc) is 1.95. The van der Waals surface area contributed by atoms with Crippen LogP contribution in [-0.4, -0.2) is 11.3 Å². The van der Waals surface area contributed by atoms with Gasteiger partial charge in [0.1, 0.15) is 0 Å². The molecular weight excluding hydrogens is 148 g/mol. The van der Waals surface area contributed by atoms with Crippen molar-refractivity contribution in [3.8, 4) is 0 Å². The Labute approximate surface area is 76.4 Å². The molecule has 0 bridgehead atoms. The Morgan fingerprint density at radius 3 is 2.33 bits per heavy atom. The molecule has 0 spiro atoms. The highest BCUT2D eigenvalue weighted by Gasteiger charge is 2.06. The van der Waals surface area contributed by atoms with Crippen molar-refractivity contribution >= 4 is 5.71 Å². The second kappa shape index (κ2) is 5.18. The molecule has 0 unspecified atom stereocenters. The molecule has 0 fully saturated rings. The van der Waals surface area contributed by atoms with E-state index < -0.39 is 0 Å². The summed E-state index contributed by atoms with van der Waals surface area (Å²) < 4.78 is 0. The molecule has 1 N–H and O–H groups in total. The molecule has 0 aliphatic heterocycles. The smallest absolute Gasteiger partial charge is 0.0464 e. The lowest BCUT2D eigenvalue weighted by Gasteiger charge is -2.18. The van der Waals surface area contributed by atoms with Gasteiger partial charge in [-0.1, -0.05) is 13.3 Å². The van der Waals surface area contributed by atoms with Gasteiger partial charge in [-0.3, -0.25) is 0 Å². The van der Waals surface area contributed by atoms with Crippen LogP contribution in [0.3, 0.4) is 0 Å². The maximum Gasteiger partial charge on any atom is 0.0464 e. The summed E-state index contributed by atoms with van der Waals surface area (Å²) in [6, 6.07) is 0. The largest absolute Gasteiger partial charge is 0.305 e. The SMILES string of the molecule is CCCC/C(C)=N/NC(C)(C)C. The van der Waals surface area contributed by atoms with Gasteiger partial charge in [-0.15, -0.1) is 0 Å². The van der Waals surface area contributed by atoms with Crippen molar-refractivity contribution < 1.29 is 0 Å². The van der Waals surface area contributed by atoms with E-state index in [1.54, 1.807) is 0 Å². The number of hydrazone groups is 1. The zero-order valence-electron chi connectivity index (χ0n) is 9.07. The van der Waals surface area contributed by atoms with Crippen molar-refractivity contribution in [2.75, 3.05) is 0 Å². The van der Waals surface area contributed by atoms with Gasteiger partial charge in [-0.05, 0) is 40.5 Å². The van der Waals surface area contributed by atoms with E-state index >= 15 is 0 Å². The molecule has 2 nitrogen and oxygen atoms in total. The van der Waals surface area contributed by atoms with Crippen LogP contribution in [0.1, 0.15) is 53.9 Å². The van der Waals surface area contributed by atoms with Crippen LogP contribution in [0, 0.1) is 0 Å². The van der Waals surface area contributed by atoms with Crippen molar-refractivity contribution in [3.63, 3.8) is 0 Å². The minimum Gasteiger partial charge on any atom is -0.305 e. The molecule has 0 aliphatic rings. The van der Waals surface area contributed by atoms with Gasteiger partial charge < -0.3 is 5.43 Å². The van der Waals surface area contributed by atoms with Gasteiger partial charge in [0, 0.05) is 11.3 Å². The normalized spacial score (nSPS) is 13.2. The van der Waals surface area contributed by atoms with E-state index in [9.17, 15) is 0 Å². The molecule has 0 saturated carbocycles. The van der Waals surface area contributed by atoms with Crippen LogP contribution in [0.4, 0.5) is 0 Å². The van der Waals surface area contributed by atoms with E-state index in [2.05, 4.69) is 45.1 Å². The molecular formula is C10H22N2. The minimum absolute atomic E-state index is 0.0907. The zero-order chi connectivity index (χ0) is 9.61. The summed E-state index contributed by atoms with van der Waals surface area (Å²) in [5.41, 5.74) is 4.41. The summed E-state index contributed by atoms with van der Waals surface area (Å²) >= 11 is 0. The fourth-order valence-electron chi connectivity index (χ4n) is 0.752. The highest BCUT2D eigenvalue weighted by molar-refractivity contribution is 5.81. The van der Waals surface area contributed by atoms with Crippen LogP contribution in [0.15, 0.2) is 5.10 Å². The molecule has 2 heteroatoms. The summed E-state index contributed by atoms with van der Waals surface area (Å²) in [4.78, 5) is 0. The molecule has 0 aromatic carbocycles. The predicted molar refractivity (Wildman–Crippen MR) is 55.5 cm³/mol. The number of hydrogen-bond acceptors (Lipinski definition) is 2. The summed E-state index contributed by atoms with van der Waals surface area (Å²) in [6.07, 6.45) is 3.59. The third kappa shape index (κ3) is 7.58. The van der Waals surface area contributed by atoms with Gasteiger partial charge >= 0.3 is 0 Å². The maximum absolute atomic E-state index is 4.30. The molecule has 72 valence electrons. The Morgan fingerprint density at radius 1 is 1.33 bits per heavy atom. The maximum atomic E-state index is 4.30. The first-order valence-electron chi connectivity index (χ1n) is 4.76. The summed E-state index contributed by atoms with van der Waals surface area (Å²) in [5.74, 6) is 0. The lowest BCUT2D eigenvalue weighted by atomic mass is 10.1. The van der Waals surface area contributed by atoms with Crippen molar-refractivity contribution in [3.05, 3.63) is 0 Å². The number of unbranched alkanes of at least 4 members (excludes halogenated alkanes) is 1. The first-order chi connectivity index (χ1) is 5.45. The molecule has 0 aromatic heterocycles. The Balaban J connectivity index is 3.69. The van der Waals surface area contributed by atoms with Crippen LogP contribution in [0.5, 0.6) is 0 Å². The number of nitrogens with zero attached hydrogens (tertiary/aromatic N) is 1. The highest BCUT2D eigenvalue weighted by Crippen LogP contribution is 2.00.